The predicted molar refractivity (Wildman–Crippen MR) is 263 cm³/mol. The number of aromatic nitrogens is 3. The van der Waals surface area contributed by atoms with E-state index in [1.807, 2.05) is 62.4 Å². The smallest absolute Gasteiger partial charge is 0.233 e. The largest absolute Gasteiger partial charge is 0.497 e. The Morgan fingerprint density at radius 3 is 1.44 bits per heavy atom. The summed E-state index contributed by atoms with van der Waals surface area (Å²) < 4.78 is 51.1. The first kappa shape index (κ1) is 50.2. The number of nitrogens with one attached hydrogen (secondary N) is 3. The summed E-state index contributed by atoms with van der Waals surface area (Å²) in [6, 6.07) is 15.2. The van der Waals surface area contributed by atoms with Gasteiger partial charge in [0.2, 0.25) is 29.4 Å². The summed E-state index contributed by atoms with van der Waals surface area (Å²) in [6.07, 6.45) is 5.60. The molecule has 4 bridgehead atoms. The van der Waals surface area contributed by atoms with E-state index in [9.17, 15) is 0 Å². The Morgan fingerprint density at radius 2 is 1.00 bits per heavy atom. The fourth-order valence-electron chi connectivity index (χ4n) is 13.6. The first-order valence-corrected chi connectivity index (χ1v) is 26.5. The third-order valence-electron chi connectivity index (χ3n) is 17.6. The number of hydrogen-bond donors (Lipinski definition) is 3. The molecule has 19 nitrogen and oxygen atoms in total. The van der Waals surface area contributed by atoms with Gasteiger partial charge in [0.15, 0.2) is 36.4 Å². The van der Waals surface area contributed by atoms with E-state index in [0.29, 0.717) is 69.1 Å². The van der Waals surface area contributed by atoms with Gasteiger partial charge in [-0.1, -0.05) is 27.7 Å². The molecule has 16 atom stereocenters. The number of nitrogens with zero attached hydrogens (tertiary/aromatic N) is 4. The molecule has 0 amide bonds. The summed E-state index contributed by atoms with van der Waals surface area (Å²) in [5.74, 6) is 2.87. The van der Waals surface area contributed by atoms with Gasteiger partial charge in [-0.25, -0.2) is 19.6 Å². The Kier molecular flexibility index (Phi) is 14.1. The van der Waals surface area contributed by atoms with Crippen molar-refractivity contribution in [2.75, 3.05) is 69.6 Å². The SMILES string of the molecule is COc1ccc(Nc2nc(NCCN(CCO[C@H]3O[C@@H]4O[C@@]5(C)CC[C@H]6[C@H](C)CC[C@@H]([C@H]3C)[C@@]46OO5)CCO[C@H]3O[C@@H]4O[C@@]5(C)CC[C@H]6[C@H](C)CC[C@@H]([C@H]3C)[C@@]46OO5)nc(Nc3ccc(OC)cc3)n2)cc1. The highest BCUT2D eigenvalue weighted by molar-refractivity contribution is 5.60. The molecule has 72 heavy (non-hydrogen) atoms. The molecule has 3 aromatic rings. The fraction of sp³-hybridized carbons (Fsp3) is 0.717. The lowest BCUT2D eigenvalue weighted by Crippen LogP contribution is -2.70. The van der Waals surface area contributed by atoms with Crippen LogP contribution in [0.1, 0.15) is 92.9 Å². The molecule has 2 aromatic carbocycles. The van der Waals surface area contributed by atoms with Gasteiger partial charge in [-0.15, -0.1) is 0 Å². The first-order valence-electron chi connectivity index (χ1n) is 26.5. The van der Waals surface area contributed by atoms with E-state index in [-0.39, 0.29) is 35.5 Å². The van der Waals surface area contributed by atoms with Crippen LogP contribution in [0.5, 0.6) is 11.5 Å². The lowest BCUT2D eigenvalue weighted by atomic mass is 9.58. The zero-order valence-corrected chi connectivity index (χ0v) is 43.1. The van der Waals surface area contributed by atoms with E-state index in [2.05, 4.69) is 48.5 Å². The average molecular weight is 1000 g/mol. The topological polar surface area (TPSA) is 189 Å². The monoisotopic (exact) mass is 1000 g/mol. The summed E-state index contributed by atoms with van der Waals surface area (Å²) in [6.45, 7) is 16.2. The molecular weight excluding hydrogens is 927 g/mol. The van der Waals surface area contributed by atoms with Crippen LogP contribution < -0.4 is 25.4 Å². The fourth-order valence-corrected chi connectivity index (χ4v) is 13.6. The second-order valence-corrected chi connectivity index (χ2v) is 22.1. The number of rotatable bonds is 18. The number of hydrogen-bond acceptors (Lipinski definition) is 19. The molecule has 394 valence electrons. The number of fused-ring (bicyclic) bond motifs is 4. The Bertz CT molecular complexity index is 2190. The summed E-state index contributed by atoms with van der Waals surface area (Å²) in [5, 5.41) is 10.1. The normalized spacial score (nSPS) is 39.6. The summed E-state index contributed by atoms with van der Waals surface area (Å²) >= 11 is 0. The van der Waals surface area contributed by atoms with Crippen molar-refractivity contribution in [2.45, 2.75) is 141 Å². The molecule has 3 N–H and O–H groups in total. The van der Waals surface area contributed by atoms with Crippen molar-refractivity contribution in [3.63, 3.8) is 0 Å². The number of benzene rings is 2. The van der Waals surface area contributed by atoms with Crippen LogP contribution in [0.2, 0.25) is 0 Å². The van der Waals surface area contributed by atoms with E-state index >= 15 is 0 Å². The summed E-state index contributed by atoms with van der Waals surface area (Å²) in [7, 11) is 3.28. The molecule has 10 aliphatic rings. The van der Waals surface area contributed by atoms with Gasteiger partial charge >= 0.3 is 0 Å². The maximum absolute atomic E-state index is 6.80. The van der Waals surface area contributed by atoms with Gasteiger partial charge in [-0.05, 0) is 125 Å². The molecule has 0 radical (unpaired) electrons. The van der Waals surface area contributed by atoms with Gasteiger partial charge in [-0.3, -0.25) is 4.90 Å². The highest BCUT2D eigenvalue weighted by Gasteiger charge is 2.71. The molecule has 8 saturated heterocycles. The van der Waals surface area contributed by atoms with Crippen LogP contribution in [0.4, 0.5) is 29.2 Å². The van der Waals surface area contributed by atoms with E-state index in [1.54, 1.807) is 14.2 Å². The van der Waals surface area contributed by atoms with Crippen LogP contribution >= 0.6 is 0 Å². The molecule has 1 aromatic heterocycles. The Labute approximate surface area is 423 Å². The lowest BCUT2D eigenvalue weighted by molar-refractivity contribution is -0.577. The first-order chi connectivity index (χ1) is 34.8. The Hall–Kier alpha value is -3.99. The van der Waals surface area contributed by atoms with Gasteiger partial charge in [0.25, 0.3) is 0 Å². The third kappa shape index (κ3) is 9.43. The quantitative estimate of drug-likeness (QED) is 0.103. The number of ether oxygens (including phenoxy) is 8. The minimum Gasteiger partial charge on any atom is -0.497 e. The lowest BCUT2D eigenvalue weighted by Gasteiger charge is -2.60. The van der Waals surface area contributed by atoms with Crippen molar-refractivity contribution in [1.82, 2.24) is 19.9 Å². The van der Waals surface area contributed by atoms with Crippen molar-refractivity contribution in [2.24, 2.45) is 47.3 Å². The van der Waals surface area contributed by atoms with Gasteiger partial charge in [0.1, 0.15) is 11.5 Å². The standard InChI is InChI=1S/C53H75N7O12/c1-31-9-19-41-33(3)43(65-45-52(41)39(31)21-23-50(5,67-45)69-71-52)63-29-27-60(28-30-64-44-34(4)42-20-10-32(2)40-22-24-51(6)68-46(66-44)53(40,42)72-70-51)26-25-54-47-57-48(55-35-11-15-37(61-7)16-12-35)59-49(58-47)56-36-13-17-38(62-8)18-14-36/h11-18,31-34,39-46H,9-10,19-30H2,1-8H3,(H3,54,55,56,57,58,59)/t31-,32-,33-,34-,39+,40+,41+,42+,43+,44+,45-,46-,50-,51-,52-,53-/m1/s1. The predicted octanol–water partition coefficient (Wildman–Crippen LogP) is 8.54. The van der Waals surface area contributed by atoms with Gasteiger partial charge in [-0.2, -0.15) is 15.0 Å². The number of anilines is 5. The third-order valence-corrected chi connectivity index (χ3v) is 17.6. The van der Waals surface area contributed by atoms with Crippen LogP contribution in [0.15, 0.2) is 48.5 Å². The zero-order chi connectivity index (χ0) is 49.8. The van der Waals surface area contributed by atoms with E-state index < -0.39 is 47.9 Å². The molecule has 2 aliphatic carbocycles. The highest BCUT2D eigenvalue weighted by Crippen LogP contribution is 2.62. The molecule has 8 aliphatic heterocycles. The van der Waals surface area contributed by atoms with E-state index in [1.165, 1.54) is 0 Å². The minimum atomic E-state index is -0.859. The molecule has 10 fully saturated rings. The van der Waals surface area contributed by atoms with Crippen molar-refractivity contribution in [3.8, 4) is 11.5 Å². The Morgan fingerprint density at radius 1 is 0.556 bits per heavy atom. The molecule has 13 rings (SSSR count). The van der Waals surface area contributed by atoms with Crippen LogP contribution in [0, 0.1) is 47.3 Å². The van der Waals surface area contributed by atoms with Crippen molar-refractivity contribution in [1.29, 1.82) is 0 Å². The molecule has 0 unspecified atom stereocenters. The van der Waals surface area contributed by atoms with Crippen LogP contribution in [0.25, 0.3) is 0 Å². The molecular formula is C53H75N7O12. The van der Waals surface area contributed by atoms with E-state index in [4.69, 9.17) is 72.4 Å². The van der Waals surface area contributed by atoms with Crippen LogP contribution in [0.3, 0.4) is 0 Å². The molecule has 19 heteroatoms. The molecule has 2 spiro atoms. The maximum atomic E-state index is 6.80. The van der Waals surface area contributed by atoms with Crippen molar-refractivity contribution < 1.29 is 57.4 Å². The summed E-state index contributed by atoms with van der Waals surface area (Å²) in [4.78, 5) is 41.5. The van der Waals surface area contributed by atoms with Gasteiger partial charge in [0.05, 0.1) is 27.4 Å². The van der Waals surface area contributed by atoms with Crippen LogP contribution in [-0.4, -0.2) is 121 Å². The molecule has 2 saturated carbocycles. The van der Waals surface area contributed by atoms with E-state index in [0.717, 1.165) is 74.2 Å². The second kappa shape index (κ2) is 20.3. The number of methoxy groups -OCH3 is 2. The van der Waals surface area contributed by atoms with Crippen LogP contribution in [-0.2, 0) is 48.0 Å². The zero-order valence-electron chi connectivity index (χ0n) is 43.1. The van der Waals surface area contributed by atoms with Gasteiger partial charge in [0, 0.05) is 74.1 Å². The molecule has 9 heterocycles. The maximum Gasteiger partial charge on any atom is 0.233 e. The van der Waals surface area contributed by atoms with Crippen molar-refractivity contribution in [3.05, 3.63) is 48.5 Å². The van der Waals surface area contributed by atoms with Crippen molar-refractivity contribution >= 4 is 29.2 Å². The minimum absolute atomic E-state index is 0.0587. The average Bonchev–Trinajstić information content (AvgIpc) is 3.75. The van der Waals surface area contributed by atoms with Gasteiger partial charge < -0.3 is 53.8 Å². The summed E-state index contributed by atoms with van der Waals surface area (Å²) in [5.41, 5.74) is 0.282. The Balaban J connectivity index is 0.789. The second-order valence-electron chi connectivity index (χ2n) is 22.1. The highest BCUT2D eigenvalue weighted by atomic mass is 17.3.